The second-order valence-electron chi connectivity index (χ2n) is 8.46. The number of piperidine rings is 1. The summed E-state index contributed by atoms with van der Waals surface area (Å²) in [7, 11) is 2.15. The van der Waals surface area contributed by atoms with Crippen molar-refractivity contribution in [1.29, 1.82) is 0 Å². The number of likely N-dealkylation sites (tertiary alicyclic amines) is 1. The molecular weight excluding hydrogens is 372 g/mol. The minimum atomic E-state index is 0.187. The summed E-state index contributed by atoms with van der Waals surface area (Å²) >= 11 is 0. The van der Waals surface area contributed by atoms with Gasteiger partial charge in [0.2, 0.25) is 0 Å². The van der Waals surface area contributed by atoms with Gasteiger partial charge in [0, 0.05) is 40.4 Å². The minimum absolute atomic E-state index is 0.187. The van der Waals surface area contributed by atoms with E-state index in [2.05, 4.69) is 45.4 Å². The number of phenols is 1. The van der Waals surface area contributed by atoms with Crippen molar-refractivity contribution >= 4 is 16.6 Å². The lowest BCUT2D eigenvalue weighted by Gasteiger charge is -2.30. The summed E-state index contributed by atoms with van der Waals surface area (Å²) in [6, 6.07) is 14.1. The maximum absolute atomic E-state index is 10.7. The zero-order valence-corrected chi connectivity index (χ0v) is 17.2. The molecule has 2 heterocycles. The number of phenolic OH excluding ortho intramolecular Hbond substituents is 1. The summed E-state index contributed by atoms with van der Waals surface area (Å²) in [6.07, 6.45) is 4.69. The van der Waals surface area contributed by atoms with Gasteiger partial charge in [-0.15, -0.1) is 10.2 Å². The average Bonchev–Trinajstić information content (AvgIpc) is 3.58. The van der Waals surface area contributed by atoms with Gasteiger partial charge in [-0.3, -0.25) is 0 Å². The van der Waals surface area contributed by atoms with Crippen LogP contribution in [0.3, 0.4) is 0 Å². The number of nitrogens with one attached hydrogen (secondary N) is 1. The smallest absolute Gasteiger partial charge is 0.156 e. The molecule has 2 aliphatic rings. The first-order chi connectivity index (χ1) is 14.7. The Hall–Kier alpha value is -3.10. The first-order valence-electron chi connectivity index (χ1n) is 10.7. The highest BCUT2D eigenvalue weighted by atomic mass is 16.3. The summed E-state index contributed by atoms with van der Waals surface area (Å²) in [6.45, 7) is 2.14. The largest absolute Gasteiger partial charge is 0.507 e. The third-order valence-corrected chi connectivity index (χ3v) is 5.90. The fourth-order valence-corrected chi connectivity index (χ4v) is 4.11. The molecule has 30 heavy (non-hydrogen) atoms. The molecule has 5 rings (SSSR count). The first kappa shape index (κ1) is 18.9. The molecule has 1 aromatic heterocycles. The van der Waals surface area contributed by atoms with Crippen molar-refractivity contribution in [3.63, 3.8) is 0 Å². The molecule has 2 aromatic carbocycles. The number of aromatic hydroxyl groups is 1. The number of hydrogen-bond donors (Lipinski definition) is 2. The molecule has 0 unspecified atom stereocenters. The molecule has 3 aromatic rings. The number of fused-ring (bicyclic) bond motifs is 1. The lowest BCUT2D eigenvalue weighted by molar-refractivity contribution is 0.261. The third kappa shape index (κ3) is 3.96. The van der Waals surface area contributed by atoms with E-state index in [0.29, 0.717) is 23.2 Å². The Labute approximate surface area is 177 Å². The van der Waals surface area contributed by atoms with Gasteiger partial charge in [-0.1, -0.05) is 36.1 Å². The number of anilines is 1. The topological polar surface area (TPSA) is 61.3 Å². The number of hydrogen-bond acceptors (Lipinski definition) is 5. The van der Waals surface area contributed by atoms with Gasteiger partial charge in [0.15, 0.2) is 5.82 Å². The van der Waals surface area contributed by atoms with Crippen molar-refractivity contribution in [1.82, 2.24) is 15.1 Å². The number of rotatable bonds is 3. The van der Waals surface area contributed by atoms with Crippen LogP contribution in [0.25, 0.3) is 22.0 Å². The van der Waals surface area contributed by atoms with Crippen molar-refractivity contribution in [2.75, 3.05) is 25.5 Å². The van der Waals surface area contributed by atoms with Crippen LogP contribution in [0.5, 0.6) is 5.75 Å². The van der Waals surface area contributed by atoms with E-state index < -0.39 is 0 Å². The molecule has 0 radical (unpaired) electrons. The zero-order valence-electron chi connectivity index (χ0n) is 17.2. The number of nitrogens with zero attached hydrogens (tertiary/aromatic N) is 3. The molecule has 2 N–H and O–H groups in total. The second-order valence-corrected chi connectivity index (χ2v) is 8.46. The van der Waals surface area contributed by atoms with Crippen LogP contribution in [0.2, 0.25) is 0 Å². The minimum Gasteiger partial charge on any atom is -0.507 e. The fourth-order valence-electron chi connectivity index (χ4n) is 4.11. The quantitative estimate of drug-likeness (QED) is 0.645. The Bertz CT molecular complexity index is 1140. The van der Waals surface area contributed by atoms with Gasteiger partial charge in [0.25, 0.3) is 0 Å². The average molecular weight is 399 g/mol. The molecular formula is C25H26N4O. The molecule has 0 amide bonds. The summed E-state index contributed by atoms with van der Waals surface area (Å²) < 4.78 is 0. The van der Waals surface area contributed by atoms with Gasteiger partial charge in [-0.2, -0.15) is 0 Å². The summed E-state index contributed by atoms with van der Waals surface area (Å²) in [4.78, 5) is 2.34. The highest BCUT2D eigenvalue weighted by Crippen LogP contribution is 2.35. The molecule has 152 valence electrons. The standard InChI is InChI=1S/C25H26N4O/c1-29-14-4-5-19(16-29)26-25-21-7-3-2-6-20(21)24(27-28-25)22-13-12-18(15-23(22)30)11-10-17-8-9-17/h2-3,6-7,12-13,15,17,19,30H,4-5,8-9,14,16H2,1H3,(H,26,28)/t19-/m1/s1. The van der Waals surface area contributed by atoms with E-state index in [1.807, 2.05) is 30.3 Å². The van der Waals surface area contributed by atoms with Gasteiger partial charge in [-0.25, -0.2) is 0 Å². The van der Waals surface area contributed by atoms with E-state index in [1.165, 1.54) is 19.3 Å². The molecule has 0 spiro atoms. The summed E-state index contributed by atoms with van der Waals surface area (Å²) in [5.74, 6) is 7.93. The van der Waals surface area contributed by atoms with Crippen LogP contribution in [-0.2, 0) is 0 Å². The molecule has 1 atom stereocenters. The normalized spacial score (nSPS) is 19.3. The van der Waals surface area contributed by atoms with Crippen LogP contribution in [0.15, 0.2) is 42.5 Å². The Balaban J connectivity index is 1.49. The van der Waals surface area contributed by atoms with Gasteiger partial charge < -0.3 is 15.3 Å². The fraction of sp³-hybridized carbons (Fsp3) is 0.360. The van der Waals surface area contributed by atoms with Crippen molar-refractivity contribution in [3.8, 4) is 28.8 Å². The molecule has 5 heteroatoms. The van der Waals surface area contributed by atoms with Crippen molar-refractivity contribution in [3.05, 3.63) is 48.0 Å². The van der Waals surface area contributed by atoms with Crippen LogP contribution < -0.4 is 5.32 Å². The summed E-state index contributed by atoms with van der Waals surface area (Å²) in [5.41, 5.74) is 2.20. The molecule has 5 nitrogen and oxygen atoms in total. The Morgan fingerprint density at radius 3 is 2.67 bits per heavy atom. The highest BCUT2D eigenvalue weighted by Gasteiger charge is 2.20. The van der Waals surface area contributed by atoms with E-state index in [-0.39, 0.29) is 5.75 Å². The van der Waals surface area contributed by atoms with Crippen molar-refractivity contribution in [2.24, 2.45) is 5.92 Å². The van der Waals surface area contributed by atoms with Crippen LogP contribution in [0.1, 0.15) is 31.2 Å². The van der Waals surface area contributed by atoms with Crippen LogP contribution in [0, 0.1) is 17.8 Å². The van der Waals surface area contributed by atoms with E-state index in [4.69, 9.17) is 0 Å². The van der Waals surface area contributed by atoms with Crippen LogP contribution in [0.4, 0.5) is 5.82 Å². The van der Waals surface area contributed by atoms with Crippen LogP contribution in [-0.4, -0.2) is 46.4 Å². The van der Waals surface area contributed by atoms with Crippen molar-refractivity contribution in [2.45, 2.75) is 31.7 Å². The molecule has 1 aliphatic carbocycles. The predicted octanol–water partition coefficient (Wildman–Crippen LogP) is 4.27. The molecule has 0 bridgehead atoms. The van der Waals surface area contributed by atoms with Gasteiger partial charge in [0.1, 0.15) is 11.4 Å². The molecule has 1 saturated heterocycles. The number of benzene rings is 2. The maximum atomic E-state index is 10.7. The molecule has 1 saturated carbocycles. The Morgan fingerprint density at radius 1 is 1.07 bits per heavy atom. The Kier molecular flexibility index (Phi) is 5.02. The molecule has 2 fully saturated rings. The van der Waals surface area contributed by atoms with Gasteiger partial charge in [0.05, 0.1) is 0 Å². The summed E-state index contributed by atoms with van der Waals surface area (Å²) in [5, 5.41) is 25.3. The SMILES string of the molecule is CN1CCC[C@@H](Nc2nnc(-c3ccc(C#CC4CC4)cc3O)c3ccccc23)C1. The predicted molar refractivity (Wildman–Crippen MR) is 120 cm³/mol. The highest BCUT2D eigenvalue weighted by molar-refractivity contribution is 6.00. The van der Waals surface area contributed by atoms with E-state index in [0.717, 1.165) is 41.7 Å². The second kappa shape index (κ2) is 7.97. The van der Waals surface area contributed by atoms with Gasteiger partial charge >= 0.3 is 0 Å². The monoisotopic (exact) mass is 398 g/mol. The van der Waals surface area contributed by atoms with Gasteiger partial charge in [-0.05, 0) is 57.5 Å². The van der Waals surface area contributed by atoms with Crippen LogP contribution >= 0.6 is 0 Å². The van der Waals surface area contributed by atoms with Crippen molar-refractivity contribution < 1.29 is 5.11 Å². The first-order valence-corrected chi connectivity index (χ1v) is 10.7. The van der Waals surface area contributed by atoms with E-state index >= 15 is 0 Å². The number of likely N-dealkylation sites (N-methyl/N-ethyl adjacent to an activating group) is 1. The molecule has 1 aliphatic heterocycles. The third-order valence-electron chi connectivity index (χ3n) is 5.90. The van der Waals surface area contributed by atoms with E-state index in [1.54, 1.807) is 6.07 Å². The number of aromatic nitrogens is 2. The Morgan fingerprint density at radius 2 is 1.90 bits per heavy atom. The van der Waals surface area contributed by atoms with E-state index in [9.17, 15) is 5.11 Å². The lowest BCUT2D eigenvalue weighted by Crippen LogP contribution is -2.40. The lowest BCUT2D eigenvalue weighted by atomic mass is 10.0. The maximum Gasteiger partial charge on any atom is 0.156 e. The zero-order chi connectivity index (χ0) is 20.5.